The second-order valence-corrected chi connectivity index (χ2v) is 10.7. The van der Waals surface area contributed by atoms with Crippen molar-refractivity contribution in [3.63, 3.8) is 0 Å². The molecular weight excluding hydrogens is 569 g/mol. The minimum atomic E-state index is -4.89. The van der Waals surface area contributed by atoms with Crippen molar-refractivity contribution in [1.29, 1.82) is 5.26 Å². The monoisotopic (exact) mass is 594 g/mol. The Hall–Kier alpha value is -4.90. The SMILES string of the molecule is N#Cc1cc(OC(F)(F)F)cc(-n2cc(CN3CC[C@H](Oc4ccc5c(c4)CN(C4CCC(=O)NC4=O)C5=O)C3)cn2)c1. The summed E-state index contributed by atoms with van der Waals surface area (Å²) in [4.78, 5) is 40.4. The summed E-state index contributed by atoms with van der Waals surface area (Å²) in [6.07, 6.45) is -0.444. The maximum absolute atomic E-state index is 12.9. The number of ether oxygens (including phenoxy) is 2. The van der Waals surface area contributed by atoms with E-state index in [1.165, 1.54) is 21.7 Å². The summed E-state index contributed by atoms with van der Waals surface area (Å²) in [6.45, 7) is 2.16. The number of fused-ring (bicyclic) bond motifs is 1. The van der Waals surface area contributed by atoms with Gasteiger partial charge in [0.15, 0.2) is 0 Å². The van der Waals surface area contributed by atoms with Crippen molar-refractivity contribution < 1.29 is 37.0 Å². The molecule has 4 heterocycles. The molecule has 0 radical (unpaired) electrons. The van der Waals surface area contributed by atoms with E-state index in [2.05, 4.69) is 20.1 Å². The first kappa shape index (κ1) is 28.2. The lowest BCUT2D eigenvalue weighted by atomic mass is 10.0. The van der Waals surface area contributed by atoms with Crippen LogP contribution in [-0.4, -0.2) is 68.9 Å². The Morgan fingerprint density at radius 3 is 2.70 bits per heavy atom. The number of carbonyl (C=O) groups is 3. The van der Waals surface area contributed by atoms with E-state index in [9.17, 15) is 32.8 Å². The van der Waals surface area contributed by atoms with Gasteiger partial charge in [-0.25, -0.2) is 4.68 Å². The molecule has 11 nitrogen and oxygen atoms in total. The predicted octanol–water partition coefficient (Wildman–Crippen LogP) is 3.06. The summed E-state index contributed by atoms with van der Waals surface area (Å²) in [6, 6.07) is 10.0. The van der Waals surface area contributed by atoms with Gasteiger partial charge in [-0.3, -0.25) is 24.6 Å². The summed E-state index contributed by atoms with van der Waals surface area (Å²) in [7, 11) is 0. The van der Waals surface area contributed by atoms with E-state index in [0.29, 0.717) is 30.8 Å². The molecule has 43 heavy (non-hydrogen) atoms. The third kappa shape index (κ3) is 6.17. The van der Waals surface area contributed by atoms with Crippen molar-refractivity contribution >= 4 is 17.7 Å². The number of benzene rings is 2. The molecule has 1 N–H and O–H groups in total. The molecule has 0 spiro atoms. The number of amides is 3. The maximum Gasteiger partial charge on any atom is 0.573 e. The first-order valence-electron chi connectivity index (χ1n) is 13.6. The second-order valence-electron chi connectivity index (χ2n) is 10.7. The number of imide groups is 1. The quantitative estimate of drug-likeness (QED) is 0.414. The van der Waals surface area contributed by atoms with Crippen LogP contribution < -0.4 is 14.8 Å². The van der Waals surface area contributed by atoms with E-state index < -0.39 is 24.1 Å². The Kier molecular flexibility index (Phi) is 7.26. The number of piperidine rings is 1. The Bertz CT molecular complexity index is 1650. The van der Waals surface area contributed by atoms with Gasteiger partial charge in [-0.2, -0.15) is 10.4 Å². The first-order valence-corrected chi connectivity index (χ1v) is 13.6. The molecule has 222 valence electrons. The number of nitrogens with zero attached hydrogens (tertiary/aromatic N) is 5. The first-order chi connectivity index (χ1) is 20.5. The molecule has 2 atom stereocenters. The number of halogens is 3. The Labute approximate surface area is 243 Å². The summed E-state index contributed by atoms with van der Waals surface area (Å²) in [5, 5.41) is 15.8. The maximum atomic E-state index is 12.9. The molecule has 2 fully saturated rings. The van der Waals surface area contributed by atoms with E-state index in [1.807, 2.05) is 12.1 Å². The summed E-state index contributed by atoms with van der Waals surface area (Å²) >= 11 is 0. The molecule has 3 aromatic rings. The molecule has 2 saturated heterocycles. The highest BCUT2D eigenvalue weighted by atomic mass is 19.4. The molecule has 1 unspecified atom stereocenters. The zero-order chi connectivity index (χ0) is 30.3. The van der Waals surface area contributed by atoms with Gasteiger partial charge in [-0.15, -0.1) is 13.2 Å². The third-order valence-corrected chi connectivity index (χ3v) is 7.59. The lowest BCUT2D eigenvalue weighted by Crippen LogP contribution is -2.52. The zero-order valence-corrected chi connectivity index (χ0v) is 22.6. The highest BCUT2D eigenvalue weighted by molar-refractivity contribution is 6.05. The zero-order valence-electron chi connectivity index (χ0n) is 22.6. The van der Waals surface area contributed by atoms with Crippen LogP contribution in [0.25, 0.3) is 5.69 Å². The van der Waals surface area contributed by atoms with Crippen LogP contribution >= 0.6 is 0 Å². The van der Waals surface area contributed by atoms with Gasteiger partial charge < -0.3 is 14.4 Å². The van der Waals surface area contributed by atoms with E-state index >= 15 is 0 Å². The highest BCUT2D eigenvalue weighted by Gasteiger charge is 2.39. The number of carbonyl (C=O) groups excluding carboxylic acids is 3. The van der Waals surface area contributed by atoms with Crippen molar-refractivity contribution in [1.82, 2.24) is 24.9 Å². The molecule has 14 heteroatoms. The number of hydrogen-bond acceptors (Lipinski definition) is 8. The van der Waals surface area contributed by atoms with Crippen molar-refractivity contribution in [3.05, 3.63) is 71.0 Å². The Morgan fingerprint density at radius 2 is 1.93 bits per heavy atom. The van der Waals surface area contributed by atoms with Crippen LogP contribution in [0.2, 0.25) is 0 Å². The molecule has 1 aromatic heterocycles. The second kappa shape index (κ2) is 11.1. The average Bonchev–Trinajstić information content (AvgIpc) is 3.67. The predicted molar refractivity (Wildman–Crippen MR) is 142 cm³/mol. The lowest BCUT2D eigenvalue weighted by Gasteiger charge is -2.29. The van der Waals surface area contributed by atoms with Gasteiger partial charge in [0.2, 0.25) is 11.8 Å². The van der Waals surface area contributed by atoms with Crippen LogP contribution in [-0.2, 0) is 22.7 Å². The van der Waals surface area contributed by atoms with Gasteiger partial charge in [0.1, 0.15) is 23.6 Å². The fourth-order valence-corrected chi connectivity index (χ4v) is 5.67. The summed E-state index contributed by atoms with van der Waals surface area (Å²) in [5.74, 6) is -0.920. The van der Waals surface area contributed by atoms with Gasteiger partial charge in [-0.05, 0) is 48.7 Å². The van der Waals surface area contributed by atoms with Crippen molar-refractivity contribution in [2.45, 2.75) is 50.9 Å². The number of alkyl halides is 3. The molecule has 6 rings (SSSR count). The fourth-order valence-electron chi connectivity index (χ4n) is 5.67. The Morgan fingerprint density at radius 1 is 1.09 bits per heavy atom. The van der Waals surface area contributed by atoms with E-state index in [4.69, 9.17) is 4.74 Å². The van der Waals surface area contributed by atoms with Crippen LogP contribution in [0.15, 0.2) is 48.8 Å². The van der Waals surface area contributed by atoms with Gasteiger partial charge in [0, 0.05) is 56.0 Å². The number of hydrogen-bond donors (Lipinski definition) is 1. The van der Waals surface area contributed by atoms with Gasteiger partial charge >= 0.3 is 6.36 Å². The van der Waals surface area contributed by atoms with Crippen molar-refractivity contribution in [2.24, 2.45) is 0 Å². The number of likely N-dealkylation sites (tertiary alicyclic amines) is 1. The van der Waals surface area contributed by atoms with Gasteiger partial charge in [0.05, 0.1) is 23.5 Å². The number of rotatable bonds is 7. The average molecular weight is 595 g/mol. The van der Waals surface area contributed by atoms with E-state index in [-0.39, 0.29) is 42.1 Å². The minimum Gasteiger partial charge on any atom is -0.489 e. The van der Waals surface area contributed by atoms with Crippen LogP contribution in [0.3, 0.4) is 0 Å². The molecule has 3 aliphatic heterocycles. The highest BCUT2D eigenvalue weighted by Crippen LogP contribution is 2.31. The Balaban J connectivity index is 1.06. The van der Waals surface area contributed by atoms with Crippen LogP contribution in [0.4, 0.5) is 13.2 Å². The number of nitrogens with one attached hydrogen (secondary N) is 1. The van der Waals surface area contributed by atoms with Crippen LogP contribution in [0.5, 0.6) is 11.5 Å². The minimum absolute atomic E-state index is 0.00735. The summed E-state index contributed by atoms with van der Waals surface area (Å²) < 4.78 is 49.7. The normalized spacial score (nSPS) is 20.6. The third-order valence-electron chi connectivity index (χ3n) is 7.59. The molecule has 0 saturated carbocycles. The fraction of sp³-hybridized carbons (Fsp3) is 0.345. The topological polar surface area (TPSA) is 130 Å². The van der Waals surface area contributed by atoms with Crippen molar-refractivity contribution in [2.75, 3.05) is 13.1 Å². The van der Waals surface area contributed by atoms with Crippen LogP contribution in [0, 0.1) is 11.3 Å². The molecule has 0 aliphatic carbocycles. The molecular formula is C29H25F3N6O5. The van der Waals surface area contributed by atoms with Gasteiger partial charge in [-0.1, -0.05) is 0 Å². The lowest BCUT2D eigenvalue weighted by molar-refractivity contribution is -0.274. The molecule has 3 amide bonds. The van der Waals surface area contributed by atoms with E-state index in [1.54, 1.807) is 24.5 Å². The summed E-state index contributed by atoms with van der Waals surface area (Å²) in [5.41, 5.74) is 2.37. The molecule has 0 bridgehead atoms. The smallest absolute Gasteiger partial charge is 0.489 e. The number of aromatic nitrogens is 2. The van der Waals surface area contributed by atoms with Crippen LogP contribution in [0.1, 0.15) is 46.3 Å². The van der Waals surface area contributed by atoms with Gasteiger partial charge in [0.25, 0.3) is 5.91 Å². The van der Waals surface area contributed by atoms with Crippen molar-refractivity contribution in [3.8, 4) is 23.3 Å². The number of nitriles is 1. The van der Waals surface area contributed by atoms with E-state index in [0.717, 1.165) is 30.2 Å². The standard InChI is InChI=1S/C29H25F3N6O5/c30-29(31,32)43-23-8-17(11-33)7-20(10-23)38-14-18(12-34-38)13-36-6-5-22(16-36)42-21-1-2-24-19(9-21)15-37(28(24)41)25-3-4-26(39)35-27(25)40/h1-2,7-10,12,14,22,25H,3-6,13,15-16H2,(H,35,39,40)/t22-,25?/m0/s1. The largest absolute Gasteiger partial charge is 0.573 e. The molecule has 3 aliphatic rings. The molecule has 2 aromatic carbocycles.